The average Bonchev–Trinajstić information content (AvgIpc) is 3.22. The predicted octanol–water partition coefficient (Wildman–Crippen LogP) is 3.59. The van der Waals surface area contributed by atoms with Crippen LogP contribution in [0.15, 0.2) is 59.1 Å². The number of aryl methyl sites for hydroxylation is 1. The Morgan fingerprint density at radius 2 is 1.75 bits per heavy atom. The average molecular weight is 375 g/mol. The normalized spacial score (nSPS) is 14.1. The van der Waals surface area contributed by atoms with Gasteiger partial charge in [0.1, 0.15) is 5.76 Å². The lowest BCUT2D eigenvalue weighted by Gasteiger charge is -2.22. The van der Waals surface area contributed by atoms with E-state index in [0.717, 1.165) is 5.56 Å². The van der Waals surface area contributed by atoms with Gasteiger partial charge in [0.2, 0.25) is 0 Å². The van der Waals surface area contributed by atoms with E-state index >= 15 is 0 Å². The summed E-state index contributed by atoms with van der Waals surface area (Å²) in [5.41, 5.74) is 1.63. The topological polar surface area (TPSA) is 92.5 Å². The maximum Gasteiger partial charge on any atom is 0.262 e. The fourth-order valence-corrected chi connectivity index (χ4v) is 3.25. The third-order valence-electron chi connectivity index (χ3n) is 4.72. The second-order valence-electron chi connectivity index (χ2n) is 6.60. The molecule has 0 bridgehead atoms. The third kappa shape index (κ3) is 2.96. The first-order valence-corrected chi connectivity index (χ1v) is 8.77. The zero-order valence-corrected chi connectivity index (χ0v) is 15.3. The van der Waals surface area contributed by atoms with Crippen molar-refractivity contribution in [3.63, 3.8) is 0 Å². The Morgan fingerprint density at radius 3 is 2.43 bits per heavy atom. The lowest BCUT2D eigenvalue weighted by atomic mass is 10.1. The zero-order chi connectivity index (χ0) is 19.8. The summed E-state index contributed by atoms with van der Waals surface area (Å²) in [5, 5.41) is 6.32. The summed E-state index contributed by atoms with van der Waals surface area (Å²) < 4.78 is 4.92. The summed E-state index contributed by atoms with van der Waals surface area (Å²) in [6.45, 7) is 3.52. The van der Waals surface area contributed by atoms with Crippen molar-refractivity contribution < 1.29 is 18.9 Å². The molecule has 0 spiro atoms. The van der Waals surface area contributed by atoms with Crippen LogP contribution in [0.2, 0.25) is 0 Å². The van der Waals surface area contributed by atoms with Crippen molar-refractivity contribution in [3.05, 3.63) is 82.6 Å². The van der Waals surface area contributed by atoms with Gasteiger partial charge in [-0.3, -0.25) is 19.3 Å². The molecule has 1 aliphatic rings. The Balaban J connectivity index is 1.61. The fraction of sp³-hybridized carbons (Fsp3) is 0.143. The summed E-state index contributed by atoms with van der Waals surface area (Å²) in [6, 6.07) is 15.0. The molecule has 140 valence electrons. The van der Waals surface area contributed by atoms with Crippen LogP contribution in [0.4, 0.5) is 5.82 Å². The molecule has 0 radical (unpaired) electrons. The van der Waals surface area contributed by atoms with E-state index in [2.05, 4.69) is 10.5 Å². The van der Waals surface area contributed by atoms with Gasteiger partial charge < -0.3 is 9.84 Å². The molecule has 3 aromatic rings. The van der Waals surface area contributed by atoms with Gasteiger partial charge in [-0.05, 0) is 37.6 Å². The molecule has 1 aromatic heterocycles. The summed E-state index contributed by atoms with van der Waals surface area (Å²) in [5.74, 6) is -0.370. The number of aromatic nitrogens is 1. The Kier molecular flexibility index (Phi) is 4.27. The largest absolute Gasteiger partial charge is 0.360 e. The molecule has 1 aliphatic heterocycles. The number of rotatable bonds is 4. The summed E-state index contributed by atoms with van der Waals surface area (Å²) in [6.07, 6.45) is 0. The second kappa shape index (κ2) is 6.77. The molecule has 28 heavy (non-hydrogen) atoms. The van der Waals surface area contributed by atoms with Gasteiger partial charge in [0.05, 0.1) is 17.2 Å². The number of hydrogen-bond donors (Lipinski definition) is 1. The van der Waals surface area contributed by atoms with Gasteiger partial charge in [-0.2, -0.15) is 0 Å². The van der Waals surface area contributed by atoms with Crippen LogP contribution >= 0.6 is 0 Å². The van der Waals surface area contributed by atoms with E-state index in [9.17, 15) is 14.4 Å². The number of hydrogen-bond acceptors (Lipinski definition) is 5. The quantitative estimate of drug-likeness (QED) is 0.704. The summed E-state index contributed by atoms with van der Waals surface area (Å²) >= 11 is 0. The number of amides is 3. The standard InChI is InChI=1S/C21H17N3O4/c1-12-10-18(23-28-12)22-19(25)15-8-9-16-17(11-15)21(27)24(20(16)26)13(2)14-6-4-3-5-7-14/h3-11,13H,1-2H3,(H,22,23,25)/t13-/m1/s1. The van der Waals surface area contributed by atoms with Crippen molar-refractivity contribution in [2.45, 2.75) is 19.9 Å². The molecule has 4 rings (SSSR count). The smallest absolute Gasteiger partial charge is 0.262 e. The molecule has 0 unspecified atom stereocenters. The highest BCUT2D eigenvalue weighted by atomic mass is 16.5. The Morgan fingerprint density at radius 1 is 1.04 bits per heavy atom. The van der Waals surface area contributed by atoms with Crippen molar-refractivity contribution in [2.75, 3.05) is 5.32 Å². The van der Waals surface area contributed by atoms with Crippen LogP contribution in [-0.4, -0.2) is 27.8 Å². The highest BCUT2D eigenvalue weighted by Gasteiger charge is 2.39. The summed E-state index contributed by atoms with van der Waals surface area (Å²) in [4.78, 5) is 39.4. The van der Waals surface area contributed by atoms with E-state index in [1.807, 2.05) is 30.3 Å². The molecule has 1 N–H and O–H groups in total. The first kappa shape index (κ1) is 17.7. The second-order valence-corrected chi connectivity index (χ2v) is 6.60. The SMILES string of the molecule is Cc1cc(NC(=O)c2ccc3c(c2)C(=O)N([C@H](C)c2ccccc2)C3=O)no1. The number of carbonyl (C=O) groups is 3. The van der Waals surface area contributed by atoms with Gasteiger partial charge in [-0.1, -0.05) is 35.5 Å². The van der Waals surface area contributed by atoms with Crippen LogP contribution < -0.4 is 5.32 Å². The molecule has 0 aliphatic carbocycles. The number of nitrogens with zero attached hydrogens (tertiary/aromatic N) is 2. The molecule has 0 fully saturated rings. The van der Waals surface area contributed by atoms with E-state index in [1.54, 1.807) is 19.9 Å². The molecule has 0 saturated heterocycles. The van der Waals surface area contributed by atoms with Crippen LogP contribution in [0.5, 0.6) is 0 Å². The van der Waals surface area contributed by atoms with Crippen LogP contribution in [0.3, 0.4) is 0 Å². The van der Waals surface area contributed by atoms with Crippen LogP contribution in [0.25, 0.3) is 0 Å². The zero-order valence-electron chi connectivity index (χ0n) is 15.3. The van der Waals surface area contributed by atoms with E-state index in [4.69, 9.17) is 4.52 Å². The molecular weight excluding hydrogens is 358 g/mol. The van der Waals surface area contributed by atoms with Crippen LogP contribution in [0, 0.1) is 6.92 Å². The lowest BCUT2D eigenvalue weighted by molar-refractivity contribution is 0.0595. The first-order chi connectivity index (χ1) is 13.5. The Hall–Kier alpha value is -3.74. The molecule has 0 saturated carbocycles. The summed E-state index contributed by atoms with van der Waals surface area (Å²) in [7, 11) is 0. The van der Waals surface area contributed by atoms with Gasteiger partial charge in [0.25, 0.3) is 17.7 Å². The van der Waals surface area contributed by atoms with Gasteiger partial charge in [-0.15, -0.1) is 0 Å². The highest BCUT2D eigenvalue weighted by Crippen LogP contribution is 2.31. The number of fused-ring (bicyclic) bond motifs is 1. The minimum Gasteiger partial charge on any atom is -0.360 e. The molecule has 2 aromatic carbocycles. The Labute approximate surface area is 160 Å². The van der Waals surface area contributed by atoms with Crippen LogP contribution in [0.1, 0.15) is 55.4 Å². The molecule has 7 nitrogen and oxygen atoms in total. The van der Waals surface area contributed by atoms with Crippen molar-refractivity contribution in [1.82, 2.24) is 10.1 Å². The molecular formula is C21H17N3O4. The maximum atomic E-state index is 12.9. The van der Waals surface area contributed by atoms with Crippen molar-refractivity contribution in [2.24, 2.45) is 0 Å². The molecule has 7 heteroatoms. The Bertz CT molecular complexity index is 1090. The lowest BCUT2D eigenvalue weighted by Crippen LogP contribution is -2.32. The van der Waals surface area contributed by atoms with Gasteiger partial charge in [0, 0.05) is 11.6 Å². The van der Waals surface area contributed by atoms with Crippen molar-refractivity contribution >= 4 is 23.5 Å². The minimum absolute atomic E-state index is 0.219. The van der Waals surface area contributed by atoms with E-state index < -0.39 is 17.9 Å². The number of benzene rings is 2. The number of carbonyl (C=O) groups excluding carboxylic acids is 3. The third-order valence-corrected chi connectivity index (χ3v) is 4.72. The van der Waals surface area contributed by atoms with E-state index in [-0.39, 0.29) is 22.9 Å². The van der Waals surface area contributed by atoms with Gasteiger partial charge in [0.15, 0.2) is 5.82 Å². The molecule has 1 atom stereocenters. The first-order valence-electron chi connectivity index (χ1n) is 8.77. The van der Waals surface area contributed by atoms with E-state index in [1.165, 1.54) is 23.1 Å². The number of nitrogens with one attached hydrogen (secondary N) is 1. The van der Waals surface area contributed by atoms with Crippen molar-refractivity contribution in [1.29, 1.82) is 0 Å². The van der Waals surface area contributed by atoms with E-state index in [0.29, 0.717) is 11.3 Å². The minimum atomic E-state index is -0.439. The number of anilines is 1. The highest BCUT2D eigenvalue weighted by molar-refractivity contribution is 6.22. The van der Waals surface area contributed by atoms with Crippen molar-refractivity contribution in [3.8, 4) is 0 Å². The monoisotopic (exact) mass is 375 g/mol. The maximum absolute atomic E-state index is 12.9. The molecule has 2 heterocycles. The van der Waals surface area contributed by atoms with Gasteiger partial charge >= 0.3 is 0 Å². The van der Waals surface area contributed by atoms with Crippen LogP contribution in [-0.2, 0) is 0 Å². The van der Waals surface area contributed by atoms with Gasteiger partial charge in [-0.25, -0.2) is 0 Å². The fourth-order valence-electron chi connectivity index (χ4n) is 3.25. The predicted molar refractivity (Wildman–Crippen MR) is 101 cm³/mol. The molecule has 3 amide bonds. The number of imide groups is 1.